The second-order valence-electron chi connectivity index (χ2n) is 7.32. The molecule has 0 bridgehead atoms. The molecule has 0 radical (unpaired) electrons. The number of hydrogen-bond donors (Lipinski definition) is 1. The van der Waals surface area contributed by atoms with Gasteiger partial charge in [-0.15, -0.1) is 0 Å². The molecule has 152 valence electrons. The zero-order valence-corrected chi connectivity index (χ0v) is 16.7. The predicted octanol–water partition coefficient (Wildman–Crippen LogP) is 3.15. The van der Waals surface area contributed by atoms with Gasteiger partial charge in [0, 0.05) is 29.6 Å². The lowest BCUT2D eigenvalue weighted by Gasteiger charge is -2.32. The van der Waals surface area contributed by atoms with Gasteiger partial charge in [-0.1, -0.05) is 23.7 Å². The van der Waals surface area contributed by atoms with Gasteiger partial charge in [0.2, 0.25) is 5.91 Å². The van der Waals surface area contributed by atoms with Crippen molar-refractivity contribution in [1.29, 1.82) is 0 Å². The number of hydrogen-bond acceptors (Lipinski definition) is 4. The lowest BCUT2D eigenvalue weighted by molar-refractivity contribution is -0.126. The smallest absolute Gasteiger partial charge is 0.253 e. The third-order valence-electron chi connectivity index (χ3n) is 5.32. The van der Waals surface area contributed by atoms with Crippen molar-refractivity contribution >= 4 is 23.4 Å². The molecule has 4 rings (SSSR count). The van der Waals surface area contributed by atoms with E-state index in [2.05, 4.69) is 5.32 Å². The molecule has 2 heterocycles. The van der Waals surface area contributed by atoms with E-state index >= 15 is 0 Å². The van der Waals surface area contributed by atoms with Crippen molar-refractivity contribution in [3.63, 3.8) is 0 Å². The maximum atomic E-state index is 12.6. The van der Waals surface area contributed by atoms with Crippen LogP contribution >= 0.6 is 11.6 Å². The van der Waals surface area contributed by atoms with Gasteiger partial charge in [0.1, 0.15) is 12.7 Å². The van der Waals surface area contributed by atoms with Crippen molar-refractivity contribution < 1.29 is 19.1 Å². The van der Waals surface area contributed by atoms with Gasteiger partial charge in [0.25, 0.3) is 5.91 Å². The Labute approximate surface area is 174 Å². The normalized spacial score (nSPS) is 18.9. The number of nitrogens with zero attached hydrogens (tertiary/aromatic N) is 1. The molecule has 29 heavy (non-hydrogen) atoms. The third-order valence-corrected chi connectivity index (χ3v) is 5.57. The van der Waals surface area contributed by atoms with E-state index in [9.17, 15) is 9.59 Å². The number of halogens is 1. The number of piperidine rings is 1. The van der Waals surface area contributed by atoms with Gasteiger partial charge >= 0.3 is 0 Å². The fourth-order valence-electron chi connectivity index (χ4n) is 3.64. The van der Waals surface area contributed by atoms with E-state index in [1.54, 1.807) is 29.2 Å². The number of amides is 2. The Morgan fingerprint density at radius 3 is 2.45 bits per heavy atom. The Kier molecular flexibility index (Phi) is 5.90. The van der Waals surface area contributed by atoms with Gasteiger partial charge < -0.3 is 19.7 Å². The first-order valence-electron chi connectivity index (χ1n) is 9.81. The second kappa shape index (κ2) is 8.74. The summed E-state index contributed by atoms with van der Waals surface area (Å²) in [5, 5.41) is 3.58. The minimum absolute atomic E-state index is 0.00560. The number of nitrogens with one attached hydrogen (secondary N) is 1. The lowest BCUT2D eigenvalue weighted by atomic mass is 9.95. The molecule has 0 saturated carbocycles. The molecule has 0 aliphatic carbocycles. The molecule has 0 spiro atoms. The number of carbonyl (C=O) groups is 2. The zero-order valence-electron chi connectivity index (χ0n) is 16.0. The number of para-hydroxylation sites is 2. The fourth-order valence-corrected chi connectivity index (χ4v) is 3.77. The highest BCUT2D eigenvalue weighted by Gasteiger charge is 2.29. The summed E-state index contributed by atoms with van der Waals surface area (Å²) in [6, 6.07) is 14.4. The largest absolute Gasteiger partial charge is 0.486 e. The summed E-state index contributed by atoms with van der Waals surface area (Å²) in [7, 11) is 0. The molecule has 2 amide bonds. The van der Waals surface area contributed by atoms with E-state index in [0.717, 1.165) is 5.75 Å². The highest BCUT2D eigenvalue weighted by Crippen LogP contribution is 2.30. The van der Waals surface area contributed by atoms with Crippen LogP contribution in [-0.2, 0) is 4.79 Å². The van der Waals surface area contributed by atoms with Crippen molar-refractivity contribution in [2.75, 3.05) is 26.2 Å². The maximum Gasteiger partial charge on any atom is 0.253 e. The molecule has 2 aromatic carbocycles. The van der Waals surface area contributed by atoms with Gasteiger partial charge in [0.15, 0.2) is 11.5 Å². The summed E-state index contributed by atoms with van der Waals surface area (Å²) in [6.45, 7) is 1.94. The minimum atomic E-state index is -0.208. The van der Waals surface area contributed by atoms with E-state index < -0.39 is 0 Å². The molecule has 2 aromatic rings. The van der Waals surface area contributed by atoms with Crippen LogP contribution in [0.1, 0.15) is 23.2 Å². The molecule has 1 saturated heterocycles. The average molecular weight is 415 g/mol. The van der Waals surface area contributed by atoms with Crippen LogP contribution in [0, 0.1) is 5.92 Å². The van der Waals surface area contributed by atoms with Crippen LogP contribution in [0.3, 0.4) is 0 Å². The molecule has 2 aliphatic heterocycles. The summed E-state index contributed by atoms with van der Waals surface area (Å²) < 4.78 is 11.5. The standard InChI is InChI=1S/C22H23ClN2O4/c23-17-7-5-16(6-8-17)22(27)25-11-9-15(10-12-25)21(26)24-13-18-14-28-19-3-1-2-4-20(19)29-18/h1-8,15,18H,9-14H2,(H,24,26)/t18-/m1/s1. The van der Waals surface area contributed by atoms with Crippen LogP contribution in [0.5, 0.6) is 11.5 Å². The molecule has 6 nitrogen and oxygen atoms in total. The Bertz CT molecular complexity index is 879. The Balaban J connectivity index is 1.23. The van der Waals surface area contributed by atoms with Crippen molar-refractivity contribution in [3.05, 3.63) is 59.1 Å². The average Bonchev–Trinajstić information content (AvgIpc) is 2.77. The molecular weight excluding hydrogens is 392 g/mol. The number of ether oxygens (including phenoxy) is 2. The van der Waals surface area contributed by atoms with Crippen molar-refractivity contribution in [2.45, 2.75) is 18.9 Å². The van der Waals surface area contributed by atoms with Crippen LogP contribution in [0.15, 0.2) is 48.5 Å². The molecule has 7 heteroatoms. The summed E-state index contributed by atoms with van der Waals surface area (Å²) in [6.07, 6.45) is 1.09. The van der Waals surface area contributed by atoms with Gasteiger partial charge in [-0.2, -0.15) is 0 Å². The number of fused-ring (bicyclic) bond motifs is 1. The van der Waals surface area contributed by atoms with E-state index in [0.29, 0.717) is 55.4 Å². The molecule has 2 aliphatic rings. The van der Waals surface area contributed by atoms with Gasteiger partial charge in [-0.05, 0) is 49.2 Å². The van der Waals surface area contributed by atoms with Crippen molar-refractivity contribution in [2.24, 2.45) is 5.92 Å². The minimum Gasteiger partial charge on any atom is -0.486 e. The molecule has 1 N–H and O–H groups in total. The summed E-state index contributed by atoms with van der Waals surface area (Å²) >= 11 is 5.88. The van der Waals surface area contributed by atoms with Crippen molar-refractivity contribution in [3.8, 4) is 11.5 Å². The first kappa shape index (κ1) is 19.6. The zero-order chi connectivity index (χ0) is 20.2. The molecule has 1 fully saturated rings. The van der Waals surface area contributed by atoms with E-state index in [1.807, 2.05) is 24.3 Å². The summed E-state index contributed by atoms with van der Waals surface area (Å²) in [5.41, 5.74) is 0.618. The SMILES string of the molecule is O=C(NC[C@@H]1COc2ccccc2O1)C1CCN(C(=O)c2ccc(Cl)cc2)CC1. The predicted molar refractivity (Wildman–Crippen MR) is 109 cm³/mol. The molecule has 1 atom stereocenters. The quantitative estimate of drug-likeness (QED) is 0.834. The van der Waals surface area contributed by atoms with E-state index in [1.165, 1.54) is 0 Å². The topological polar surface area (TPSA) is 67.9 Å². The first-order chi connectivity index (χ1) is 14.1. The van der Waals surface area contributed by atoms with Crippen LogP contribution < -0.4 is 14.8 Å². The second-order valence-corrected chi connectivity index (χ2v) is 7.75. The van der Waals surface area contributed by atoms with E-state index in [4.69, 9.17) is 21.1 Å². The fraction of sp³-hybridized carbons (Fsp3) is 0.364. The number of rotatable bonds is 4. The lowest BCUT2D eigenvalue weighted by Crippen LogP contribution is -2.46. The van der Waals surface area contributed by atoms with Gasteiger partial charge in [-0.3, -0.25) is 9.59 Å². The van der Waals surface area contributed by atoms with Crippen LogP contribution in [0.4, 0.5) is 0 Å². The molecule has 0 aromatic heterocycles. The summed E-state index contributed by atoms with van der Waals surface area (Å²) in [4.78, 5) is 26.9. The number of benzene rings is 2. The Morgan fingerprint density at radius 1 is 1.03 bits per heavy atom. The highest BCUT2D eigenvalue weighted by molar-refractivity contribution is 6.30. The Morgan fingerprint density at radius 2 is 1.72 bits per heavy atom. The van der Waals surface area contributed by atoms with Crippen LogP contribution in [0.25, 0.3) is 0 Å². The van der Waals surface area contributed by atoms with Crippen LogP contribution in [0.2, 0.25) is 5.02 Å². The van der Waals surface area contributed by atoms with Gasteiger partial charge in [0.05, 0.1) is 6.54 Å². The van der Waals surface area contributed by atoms with Crippen molar-refractivity contribution in [1.82, 2.24) is 10.2 Å². The molecule has 0 unspecified atom stereocenters. The van der Waals surface area contributed by atoms with Gasteiger partial charge in [-0.25, -0.2) is 0 Å². The summed E-state index contributed by atoms with van der Waals surface area (Å²) in [5.74, 6) is 1.32. The first-order valence-corrected chi connectivity index (χ1v) is 10.2. The maximum absolute atomic E-state index is 12.6. The van der Waals surface area contributed by atoms with E-state index in [-0.39, 0.29) is 23.8 Å². The third kappa shape index (κ3) is 4.65. The Hall–Kier alpha value is -2.73. The highest BCUT2D eigenvalue weighted by atomic mass is 35.5. The number of likely N-dealkylation sites (tertiary alicyclic amines) is 1. The monoisotopic (exact) mass is 414 g/mol. The molecular formula is C22H23ClN2O4. The number of carbonyl (C=O) groups excluding carboxylic acids is 2. The van der Waals surface area contributed by atoms with Crippen LogP contribution in [-0.4, -0.2) is 49.1 Å².